The predicted molar refractivity (Wildman–Crippen MR) is 117 cm³/mol. The highest BCUT2D eigenvalue weighted by Crippen LogP contribution is 2.60. The Kier molecular flexibility index (Phi) is 4.62. The molecule has 5 rings (SSSR count). The standard InChI is InChI=1S/C22H18Br2N2O3/c23-18-14-10-15(19(18)24)17-16(14)21(28)26(22(17)29)13-8-4-5-11(9-13)20(27)25-12-6-2-1-3-7-12/h1-9,14-19H,10H2,(H,25,27)/t14-,15-,16-,17-,18+,19+/m1/s1. The average Bonchev–Trinajstić information content (AvgIpc) is 3.33. The number of hydrogen-bond acceptors (Lipinski definition) is 3. The molecule has 1 N–H and O–H groups in total. The number of nitrogens with zero attached hydrogens (tertiary/aromatic N) is 1. The van der Waals surface area contributed by atoms with Gasteiger partial charge in [-0.25, -0.2) is 0 Å². The van der Waals surface area contributed by atoms with Gasteiger partial charge in [-0.3, -0.25) is 19.3 Å². The number of halogens is 2. The van der Waals surface area contributed by atoms with Gasteiger partial charge in [-0.1, -0.05) is 56.1 Å². The van der Waals surface area contributed by atoms with Gasteiger partial charge < -0.3 is 5.32 Å². The van der Waals surface area contributed by atoms with E-state index in [1.165, 1.54) is 4.90 Å². The van der Waals surface area contributed by atoms with Gasteiger partial charge >= 0.3 is 0 Å². The van der Waals surface area contributed by atoms with Gasteiger partial charge in [0.15, 0.2) is 0 Å². The lowest BCUT2D eigenvalue weighted by Gasteiger charge is -2.28. The third-order valence-electron chi connectivity index (χ3n) is 6.39. The molecule has 2 aromatic carbocycles. The number of rotatable bonds is 3. The molecule has 2 saturated carbocycles. The van der Waals surface area contributed by atoms with E-state index < -0.39 is 0 Å². The lowest BCUT2D eigenvalue weighted by molar-refractivity contribution is -0.123. The first kappa shape index (κ1) is 19.0. The first-order valence-electron chi connectivity index (χ1n) is 9.60. The largest absolute Gasteiger partial charge is 0.322 e. The first-order valence-corrected chi connectivity index (χ1v) is 11.4. The summed E-state index contributed by atoms with van der Waals surface area (Å²) >= 11 is 7.40. The van der Waals surface area contributed by atoms with Crippen LogP contribution >= 0.6 is 31.9 Å². The van der Waals surface area contributed by atoms with Crippen molar-refractivity contribution in [2.75, 3.05) is 10.2 Å². The summed E-state index contributed by atoms with van der Waals surface area (Å²) in [7, 11) is 0. The van der Waals surface area contributed by atoms with Crippen LogP contribution in [0.25, 0.3) is 0 Å². The molecule has 2 aliphatic carbocycles. The van der Waals surface area contributed by atoms with Crippen molar-refractivity contribution in [3.05, 3.63) is 60.2 Å². The van der Waals surface area contributed by atoms with Crippen LogP contribution in [0.15, 0.2) is 54.6 Å². The minimum atomic E-state index is -0.279. The summed E-state index contributed by atoms with van der Waals surface area (Å²) in [5.41, 5.74) is 1.56. The average molecular weight is 518 g/mol. The molecule has 7 heteroatoms. The maximum absolute atomic E-state index is 13.2. The topological polar surface area (TPSA) is 66.5 Å². The van der Waals surface area contributed by atoms with Crippen LogP contribution in [-0.2, 0) is 9.59 Å². The zero-order valence-electron chi connectivity index (χ0n) is 15.3. The molecular weight excluding hydrogens is 500 g/mol. The van der Waals surface area contributed by atoms with Crippen LogP contribution in [0, 0.1) is 23.7 Å². The summed E-state index contributed by atoms with van der Waals surface area (Å²) in [6.45, 7) is 0. The van der Waals surface area contributed by atoms with E-state index in [1.807, 2.05) is 18.2 Å². The fourth-order valence-electron chi connectivity index (χ4n) is 5.11. The Bertz CT molecular complexity index is 980. The van der Waals surface area contributed by atoms with E-state index in [0.29, 0.717) is 16.9 Å². The Hall–Kier alpha value is -1.99. The zero-order valence-corrected chi connectivity index (χ0v) is 18.5. The van der Waals surface area contributed by atoms with Crippen LogP contribution in [0.1, 0.15) is 16.8 Å². The lowest BCUT2D eigenvalue weighted by atomic mass is 9.81. The zero-order chi connectivity index (χ0) is 20.3. The molecule has 1 saturated heterocycles. The third-order valence-corrected chi connectivity index (χ3v) is 9.59. The number of nitrogens with one attached hydrogen (secondary N) is 1. The fraction of sp³-hybridized carbons (Fsp3) is 0.318. The molecule has 0 radical (unpaired) electrons. The van der Waals surface area contributed by atoms with Crippen molar-refractivity contribution in [3.8, 4) is 0 Å². The van der Waals surface area contributed by atoms with E-state index in [9.17, 15) is 14.4 Å². The summed E-state index contributed by atoms with van der Waals surface area (Å²) in [5, 5.41) is 2.83. The summed E-state index contributed by atoms with van der Waals surface area (Å²) in [5.74, 6) is -0.770. The molecule has 0 aromatic heterocycles. The Morgan fingerprint density at radius 1 is 0.897 bits per heavy atom. The number of alkyl halides is 2. The molecule has 3 amide bonds. The molecule has 3 fully saturated rings. The van der Waals surface area contributed by atoms with Crippen LogP contribution in [0.5, 0.6) is 0 Å². The number of amides is 3. The summed E-state index contributed by atoms with van der Waals surface area (Å²) in [6.07, 6.45) is 0.895. The number of carbonyl (C=O) groups excluding carboxylic acids is 3. The summed E-state index contributed by atoms with van der Waals surface area (Å²) < 4.78 is 0. The second-order valence-electron chi connectivity index (χ2n) is 7.89. The van der Waals surface area contributed by atoms with E-state index in [-0.39, 0.29) is 51.0 Å². The molecule has 3 aliphatic rings. The summed E-state index contributed by atoms with van der Waals surface area (Å²) in [6, 6.07) is 15.9. The van der Waals surface area contributed by atoms with Crippen LogP contribution < -0.4 is 10.2 Å². The van der Waals surface area contributed by atoms with Gasteiger partial charge in [-0.15, -0.1) is 0 Å². The Morgan fingerprint density at radius 2 is 1.52 bits per heavy atom. The van der Waals surface area contributed by atoms with E-state index in [0.717, 1.165) is 6.42 Å². The second kappa shape index (κ2) is 7.06. The van der Waals surface area contributed by atoms with Gasteiger partial charge in [0.2, 0.25) is 11.8 Å². The van der Waals surface area contributed by atoms with Crippen molar-refractivity contribution in [2.45, 2.75) is 16.1 Å². The van der Waals surface area contributed by atoms with Gasteiger partial charge in [0.05, 0.1) is 17.5 Å². The Labute approximate surface area is 185 Å². The number of benzene rings is 2. The highest BCUT2D eigenvalue weighted by molar-refractivity contribution is 9.12. The van der Waals surface area contributed by atoms with Gasteiger partial charge in [0.1, 0.15) is 0 Å². The molecule has 0 spiro atoms. The smallest absolute Gasteiger partial charge is 0.255 e. The second-order valence-corrected chi connectivity index (χ2v) is 10.0. The number of fused-ring (bicyclic) bond motifs is 5. The van der Waals surface area contributed by atoms with Crippen LogP contribution in [0.3, 0.4) is 0 Å². The molecule has 0 unspecified atom stereocenters. The van der Waals surface area contributed by atoms with Crippen molar-refractivity contribution in [2.24, 2.45) is 23.7 Å². The van der Waals surface area contributed by atoms with Crippen LogP contribution in [0.2, 0.25) is 0 Å². The highest BCUT2D eigenvalue weighted by atomic mass is 79.9. The van der Waals surface area contributed by atoms with Crippen molar-refractivity contribution < 1.29 is 14.4 Å². The Balaban J connectivity index is 1.42. The Morgan fingerprint density at radius 3 is 2.14 bits per heavy atom. The number of hydrogen-bond donors (Lipinski definition) is 1. The predicted octanol–water partition coefficient (Wildman–Crippen LogP) is 4.22. The number of carbonyl (C=O) groups is 3. The lowest BCUT2D eigenvalue weighted by Crippen LogP contribution is -2.37. The van der Waals surface area contributed by atoms with E-state index in [1.54, 1.807) is 36.4 Å². The maximum Gasteiger partial charge on any atom is 0.255 e. The number of anilines is 2. The molecule has 1 aliphatic heterocycles. The maximum atomic E-state index is 13.2. The highest BCUT2D eigenvalue weighted by Gasteiger charge is 2.66. The van der Waals surface area contributed by atoms with E-state index >= 15 is 0 Å². The normalized spacial score (nSPS) is 32.6. The molecule has 6 atom stereocenters. The molecular formula is C22H18Br2N2O3. The minimum Gasteiger partial charge on any atom is -0.322 e. The van der Waals surface area contributed by atoms with Gasteiger partial charge in [0.25, 0.3) is 5.91 Å². The van der Waals surface area contributed by atoms with Gasteiger partial charge in [-0.2, -0.15) is 0 Å². The van der Waals surface area contributed by atoms with Crippen molar-refractivity contribution in [1.82, 2.24) is 0 Å². The monoisotopic (exact) mass is 516 g/mol. The molecule has 1 heterocycles. The van der Waals surface area contributed by atoms with E-state index in [4.69, 9.17) is 0 Å². The minimum absolute atomic E-state index is 0.142. The van der Waals surface area contributed by atoms with Crippen molar-refractivity contribution in [1.29, 1.82) is 0 Å². The van der Waals surface area contributed by atoms with Gasteiger partial charge in [-0.05, 0) is 48.6 Å². The molecule has 29 heavy (non-hydrogen) atoms. The van der Waals surface area contributed by atoms with E-state index in [2.05, 4.69) is 37.2 Å². The summed E-state index contributed by atoms with van der Waals surface area (Å²) in [4.78, 5) is 40.7. The molecule has 2 aromatic rings. The molecule has 5 nitrogen and oxygen atoms in total. The number of imide groups is 1. The van der Waals surface area contributed by atoms with Crippen molar-refractivity contribution >= 4 is 61.0 Å². The first-order chi connectivity index (χ1) is 14.0. The van der Waals surface area contributed by atoms with Crippen molar-refractivity contribution in [3.63, 3.8) is 0 Å². The SMILES string of the molecule is O=C(Nc1ccccc1)c1cccc(N2C(=O)[C@@H]3[C@H]4C[C@@H]([C@H](Br)[C@H]4Br)[C@H]3C2=O)c1. The van der Waals surface area contributed by atoms with Crippen LogP contribution in [0.4, 0.5) is 11.4 Å². The molecule has 2 bridgehead atoms. The third kappa shape index (κ3) is 2.89. The van der Waals surface area contributed by atoms with Gasteiger partial charge in [0, 0.05) is 20.9 Å². The molecule has 148 valence electrons. The fourth-order valence-corrected chi connectivity index (χ4v) is 6.99. The number of para-hydroxylation sites is 1. The quantitative estimate of drug-likeness (QED) is 0.489. The van der Waals surface area contributed by atoms with Crippen LogP contribution in [-0.4, -0.2) is 27.4 Å².